The van der Waals surface area contributed by atoms with Gasteiger partial charge in [0.15, 0.2) is 0 Å². The first kappa shape index (κ1) is 12.2. The lowest BCUT2D eigenvalue weighted by Crippen LogP contribution is -2.42. The maximum Gasteiger partial charge on any atom is 0.142 e. The molecule has 0 heterocycles. The minimum Gasteiger partial charge on any atom is -0.495 e. The summed E-state index contributed by atoms with van der Waals surface area (Å²) in [7, 11) is 3.56. The Morgan fingerprint density at radius 2 is 2.18 bits per heavy atom. The Morgan fingerprint density at radius 3 is 2.76 bits per heavy atom. The second-order valence-corrected chi connectivity index (χ2v) is 4.79. The van der Waals surface area contributed by atoms with Gasteiger partial charge in [-0.1, -0.05) is 0 Å². The third kappa shape index (κ3) is 2.69. The summed E-state index contributed by atoms with van der Waals surface area (Å²) in [5.41, 5.74) is 6.56. The number of hydrogen-bond acceptors (Lipinski definition) is 3. The van der Waals surface area contributed by atoms with E-state index in [0.29, 0.717) is 17.7 Å². The van der Waals surface area contributed by atoms with Gasteiger partial charge in [0, 0.05) is 25.7 Å². The van der Waals surface area contributed by atoms with E-state index in [1.54, 1.807) is 13.2 Å². The van der Waals surface area contributed by atoms with Crippen LogP contribution in [0.4, 0.5) is 10.1 Å². The van der Waals surface area contributed by atoms with Crippen molar-refractivity contribution in [3.8, 4) is 5.75 Å². The van der Waals surface area contributed by atoms with Crippen molar-refractivity contribution in [1.29, 1.82) is 0 Å². The van der Waals surface area contributed by atoms with E-state index in [1.807, 2.05) is 11.9 Å². The van der Waals surface area contributed by atoms with Crippen LogP contribution in [0, 0.1) is 11.7 Å². The summed E-state index contributed by atoms with van der Waals surface area (Å²) in [6.07, 6.45) is 2.12. The molecule has 3 nitrogen and oxygen atoms in total. The van der Waals surface area contributed by atoms with Gasteiger partial charge in [-0.05, 0) is 30.9 Å². The average Bonchev–Trinajstić information content (AvgIpc) is 2.27. The average molecular weight is 238 g/mol. The summed E-state index contributed by atoms with van der Waals surface area (Å²) in [5, 5.41) is 0. The molecule has 0 bridgehead atoms. The van der Waals surface area contributed by atoms with E-state index in [1.165, 1.54) is 12.1 Å². The molecule has 2 rings (SSSR count). The Hall–Kier alpha value is -1.29. The van der Waals surface area contributed by atoms with Crippen LogP contribution >= 0.6 is 0 Å². The van der Waals surface area contributed by atoms with Crippen LogP contribution in [-0.2, 0) is 0 Å². The van der Waals surface area contributed by atoms with Crippen molar-refractivity contribution in [3.05, 3.63) is 24.0 Å². The van der Waals surface area contributed by atoms with Gasteiger partial charge in [0.25, 0.3) is 0 Å². The number of rotatable bonds is 4. The molecule has 0 saturated heterocycles. The number of ether oxygens (including phenoxy) is 1. The van der Waals surface area contributed by atoms with Crippen molar-refractivity contribution in [2.75, 3.05) is 25.6 Å². The number of halogens is 1. The molecule has 1 aliphatic carbocycles. The molecule has 0 atom stereocenters. The number of nitrogens with zero attached hydrogens (tertiary/aromatic N) is 1. The predicted octanol–water partition coefficient (Wildman–Crippen LogP) is 2.01. The number of hydrogen-bond donors (Lipinski definition) is 1. The predicted molar refractivity (Wildman–Crippen MR) is 66.9 cm³/mol. The van der Waals surface area contributed by atoms with Gasteiger partial charge >= 0.3 is 0 Å². The molecular weight excluding hydrogens is 219 g/mol. The highest BCUT2D eigenvalue weighted by Gasteiger charge is 2.27. The molecule has 0 unspecified atom stereocenters. The molecule has 0 radical (unpaired) electrons. The standard InChI is InChI=1S/C13H19FN2O/c1-16(8-9-5-11(15)6-9)12-7-10(14)3-4-13(12)17-2/h3-4,7,9,11H,5-6,8,15H2,1-2H3. The zero-order valence-electron chi connectivity index (χ0n) is 10.3. The van der Waals surface area contributed by atoms with E-state index >= 15 is 0 Å². The fourth-order valence-corrected chi connectivity index (χ4v) is 2.38. The Labute approximate surface area is 101 Å². The number of benzene rings is 1. The molecule has 1 fully saturated rings. The van der Waals surface area contributed by atoms with Crippen LogP contribution in [0.2, 0.25) is 0 Å². The topological polar surface area (TPSA) is 38.5 Å². The number of nitrogens with two attached hydrogens (primary N) is 1. The van der Waals surface area contributed by atoms with Crippen molar-refractivity contribution in [1.82, 2.24) is 0 Å². The van der Waals surface area contributed by atoms with Crippen LogP contribution in [0.5, 0.6) is 5.75 Å². The molecule has 2 N–H and O–H groups in total. The van der Waals surface area contributed by atoms with Crippen molar-refractivity contribution < 1.29 is 9.13 Å². The molecule has 17 heavy (non-hydrogen) atoms. The van der Waals surface area contributed by atoms with Crippen LogP contribution in [0.3, 0.4) is 0 Å². The lowest BCUT2D eigenvalue weighted by Gasteiger charge is -2.36. The molecule has 0 amide bonds. The van der Waals surface area contributed by atoms with Gasteiger partial charge in [-0.15, -0.1) is 0 Å². The summed E-state index contributed by atoms with van der Waals surface area (Å²) < 4.78 is 18.5. The second-order valence-electron chi connectivity index (χ2n) is 4.79. The minimum atomic E-state index is -0.238. The number of anilines is 1. The Balaban J connectivity index is 2.06. The van der Waals surface area contributed by atoms with Gasteiger partial charge in [0.05, 0.1) is 12.8 Å². The van der Waals surface area contributed by atoms with E-state index in [4.69, 9.17) is 10.5 Å². The van der Waals surface area contributed by atoms with E-state index in [0.717, 1.165) is 25.1 Å². The third-order valence-corrected chi connectivity index (χ3v) is 3.36. The van der Waals surface area contributed by atoms with Gasteiger partial charge < -0.3 is 15.4 Å². The molecule has 1 aliphatic rings. The van der Waals surface area contributed by atoms with Crippen LogP contribution in [-0.4, -0.2) is 26.7 Å². The molecule has 1 saturated carbocycles. The summed E-state index contributed by atoms with van der Waals surface area (Å²) in [4.78, 5) is 2.04. The molecule has 1 aromatic carbocycles. The van der Waals surface area contributed by atoms with Crippen LogP contribution < -0.4 is 15.4 Å². The fraction of sp³-hybridized carbons (Fsp3) is 0.538. The SMILES string of the molecule is COc1ccc(F)cc1N(C)CC1CC(N)C1. The fourth-order valence-electron chi connectivity index (χ4n) is 2.38. The molecule has 1 aromatic rings. The van der Waals surface area contributed by atoms with Crippen molar-refractivity contribution in [3.63, 3.8) is 0 Å². The third-order valence-electron chi connectivity index (χ3n) is 3.36. The second kappa shape index (κ2) is 4.92. The monoisotopic (exact) mass is 238 g/mol. The van der Waals surface area contributed by atoms with Gasteiger partial charge in [-0.2, -0.15) is 0 Å². The molecular formula is C13H19FN2O. The Morgan fingerprint density at radius 1 is 1.47 bits per heavy atom. The van der Waals surface area contributed by atoms with E-state index in [2.05, 4.69) is 0 Å². The lowest BCUT2D eigenvalue weighted by atomic mass is 9.80. The molecule has 0 aliphatic heterocycles. The van der Waals surface area contributed by atoms with Gasteiger partial charge in [0.1, 0.15) is 11.6 Å². The Bertz CT molecular complexity index is 391. The molecule has 0 aromatic heterocycles. The maximum atomic E-state index is 13.2. The maximum absolute atomic E-state index is 13.2. The largest absolute Gasteiger partial charge is 0.495 e. The quantitative estimate of drug-likeness (QED) is 0.872. The van der Waals surface area contributed by atoms with Gasteiger partial charge in [0.2, 0.25) is 0 Å². The zero-order valence-corrected chi connectivity index (χ0v) is 10.3. The van der Waals surface area contributed by atoms with Crippen LogP contribution in [0.1, 0.15) is 12.8 Å². The molecule has 4 heteroatoms. The smallest absolute Gasteiger partial charge is 0.142 e. The van der Waals surface area contributed by atoms with Crippen LogP contribution in [0.25, 0.3) is 0 Å². The van der Waals surface area contributed by atoms with Crippen molar-refractivity contribution >= 4 is 5.69 Å². The summed E-state index contributed by atoms with van der Waals surface area (Å²) >= 11 is 0. The molecule has 0 spiro atoms. The van der Waals surface area contributed by atoms with Crippen molar-refractivity contribution in [2.45, 2.75) is 18.9 Å². The highest BCUT2D eigenvalue weighted by Crippen LogP contribution is 2.32. The highest BCUT2D eigenvalue weighted by molar-refractivity contribution is 5.58. The van der Waals surface area contributed by atoms with E-state index < -0.39 is 0 Å². The highest BCUT2D eigenvalue weighted by atomic mass is 19.1. The zero-order chi connectivity index (χ0) is 12.4. The number of methoxy groups -OCH3 is 1. The first-order valence-electron chi connectivity index (χ1n) is 5.90. The summed E-state index contributed by atoms with van der Waals surface area (Å²) in [6, 6.07) is 4.93. The molecule has 94 valence electrons. The van der Waals surface area contributed by atoms with E-state index in [9.17, 15) is 4.39 Å². The summed E-state index contributed by atoms with van der Waals surface area (Å²) in [6.45, 7) is 0.896. The Kier molecular flexibility index (Phi) is 3.52. The van der Waals surface area contributed by atoms with Crippen molar-refractivity contribution in [2.24, 2.45) is 11.7 Å². The van der Waals surface area contributed by atoms with Gasteiger partial charge in [-0.3, -0.25) is 0 Å². The first-order chi connectivity index (χ1) is 8.10. The van der Waals surface area contributed by atoms with Crippen LogP contribution in [0.15, 0.2) is 18.2 Å². The lowest BCUT2D eigenvalue weighted by molar-refractivity contribution is 0.270. The summed E-state index contributed by atoms with van der Waals surface area (Å²) in [5.74, 6) is 1.08. The minimum absolute atomic E-state index is 0.238. The first-order valence-corrected chi connectivity index (χ1v) is 5.90. The van der Waals surface area contributed by atoms with E-state index in [-0.39, 0.29) is 5.82 Å². The van der Waals surface area contributed by atoms with Gasteiger partial charge in [-0.25, -0.2) is 4.39 Å². The normalized spacial score (nSPS) is 23.1.